The van der Waals surface area contributed by atoms with Crippen LogP contribution < -0.4 is 5.73 Å². The summed E-state index contributed by atoms with van der Waals surface area (Å²) in [5, 5.41) is 4.28. The molecule has 2 atom stereocenters. The average Bonchev–Trinajstić information content (AvgIpc) is 2.71. The fraction of sp³-hybridized carbons (Fsp3) is 0.700. The van der Waals surface area contributed by atoms with E-state index in [2.05, 4.69) is 18.9 Å². The lowest BCUT2D eigenvalue weighted by Crippen LogP contribution is -2.23. The zero-order valence-electron chi connectivity index (χ0n) is 8.68. The zero-order chi connectivity index (χ0) is 10.1. The molecular weight excluding hydrogens is 178 g/mol. The Morgan fingerprint density at radius 3 is 2.93 bits per heavy atom. The Morgan fingerprint density at radius 1 is 1.64 bits per heavy atom. The van der Waals surface area contributed by atoms with Crippen molar-refractivity contribution >= 4 is 0 Å². The third kappa shape index (κ3) is 1.67. The van der Waals surface area contributed by atoms with Crippen molar-refractivity contribution in [2.75, 3.05) is 6.61 Å². The number of nitrogens with zero attached hydrogens (tertiary/aromatic N) is 2. The molecule has 0 radical (unpaired) electrons. The molecule has 0 saturated carbocycles. The predicted molar refractivity (Wildman–Crippen MR) is 53.9 cm³/mol. The number of nitrogens with two attached hydrogens (primary N) is 1. The van der Waals surface area contributed by atoms with Crippen LogP contribution in [0.3, 0.4) is 0 Å². The van der Waals surface area contributed by atoms with E-state index in [1.54, 1.807) is 0 Å². The number of rotatable bonds is 2. The molecule has 1 aliphatic rings. The Balaban J connectivity index is 2.16. The molecule has 0 aromatic carbocycles. The summed E-state index contributed by atoms with van der Waals surface area (Å²) in [7, 11) is 0. The van der Waals surface area contributed by atoms with Gasteiger partial charge >= 0.3 is 0 Å². The molecule has 4 heteroatoms. The van der Waals surface area contributed by atoms with Gasteiger partial charge in [0.2, 0.25) is 0 Å². The molecule has 1 aliphatic heterocycles. The van der Waals surface area contributed by atoms with Gasteiger partial charge in [-0.15, -0.1) is 0 Å². The highest BCUT2D eigenvalue weighted by Gasteiger charge is 2.27. The molecule has 78 valence electrons. The minimum absolute atomic E-state index is 0.0440. The Morgan fingerprint density at radius 2 is 2.43 bits per heavy atom. The van der Waals surface area contributed by atoms with Crippen LogP contribution >= 0.6 is 0 Å². The molecule has 1 fully saturated rings. The van der Waals surface area contributed by atoms with E-state index in [4.69, 9.17) is 10.5 Å². The normalized spacial score (nSPS) is 27.4. The van der Waals surface area contributed by atoms with Crippen LogP contribution in [-0.4, -0.2) is 22.4 Å². The molecule has 4 nitrogen and oxygen atoms in total. The van der Waals surface area contributed by atoms with Gasteiger partial charge in [-0.1, -0.05) is 0 Å². The number of hydrogen-bond donors (Lipinski definition) is 1. The second-order valence-corrected chi connectivity index (χ2v) is 4.09. The zero-order valence-corrected chi connectivity index (χ0v) is 8.68. The van der Waals surface area contributed by atoms with Crippen LogP contribution in [0.1, 0.15) is 38.0 Å². The molecule has 1 aromatic heterocycles. The van der Waals surface area contributed by atoms with E-state index < -0.39 is 0 Å². The lowest BCUT2D eigenvalue weighted by Gasteiger charge is -2.11. The van der Waals surface area contributed by atoms with Gasteiger partial charge in [0.05, 0.1) is 6.20 Å². The lowest BCUT2D eigenvalue weighted by atomic mass is 10.1. The maximum absolute atomic E-state index is 5.93. The van der Waals surface area contributed by atoms with E-state index in [9.17, 15) is 0 Å². The van der Waals surface area contributed by atoms with Gasteiger partial charge in [0, 0.05) is 30.5 Å². The molecular formula is C10H17N3O. The Labute approximate surface area is 84.0 Å². The standard InChI is InChI=1S/C10H17N3O/c1-7(2)13-6-8(5-12-13)10-9(11)3-4-14-10/h5-7,9-10H,3-4,11H2,1-2H3/t9-,10+/m0/s1. The summed E-state index contributed by atoms with van der Waals surface area (Å²) in [6.45, 7) is 4.97. The van der Waals surface area contributed by atoms with Gasteiger partial charge in [-0.3, -0.25) is 4.68 Å². The topological polar surface area (TPSA) is 53.1 Å². The van der Waals surface area contributed by atoms with Gasteiger partial charge in [-0.25, -0.2) is 0 Å². The van der Waals surface area contributed by atoms with Crippen LogP contribution in [-0.2, 0) is 4.74 Å². The molecule has 2 N–H and O–H groups in total. The first kappa shape index (κ1) is 9.68. The summed E-state index contributed by atoms with van der Waals surface area (Å²) < 4.78 is 7.50. The summed E-state index contributed by atoms with van der Waals surface area (Å²) in [5.41, 5.74) is 7.03. The maximum Gasteiger partial charge on any atom is 0.101 e. The molecule has 1 aromatic rings. The minimum atomic E-state index is 0.0440. The van der Waals surface area contributed by atoms with Crippen LogP contribution in [0.4, 0.5) is 0 Å². The van der Waals surface area contributed by atoms with Crippen molar-refractivity contribution < 1.29 is 4.74 Å². The molecule has 2 heterocycles. The fourth-order valence-electron chi connectivity index (χ4n) is 1.73. The molecule has 0 aliphatic carbocycles. The van der Waals surface area contributed by atoms with Crippen molar-refractivity contribution in [3.63, 3.8) is 0 Å². The van der Waals surface area contributed by atoms with E-state index >= 15 is 0 Å². The molecule has 0 bridgehead atoms. The Hall–Kier alpha value is -0.870. The Kier molecular flexibility index (Phi) is 2.56. The van der Waals surface area contributed by atoms with E-state index in [0.717, 1.165) is 18.6 Å². The minimum Gasteiger partial charge on any atom is -0.372 e. The third-order valence-corrected chi connectivity index (χ3v) is 2.62. The van der Waals surface area contributed by atoms with Gasteiger partial charge in [0.1, 0.15) is 6.10 Å². The summed E-state index contributed by atoms with van der Waals surface area (Å²) in [6.07, 6.45) is 4.87. The highest BCUT2D eigenvalue weighted by molar-refractivity contribution is 5.12. The molecule has 0 spiro atoms. The fourth-order valence-corrected chi connectivity index (χ4v) is 1.73. The maximum atomic E-state index is 5.93. The van der Waals surface area contributed by atoms with E-state index in [0.29, 0.717) is 6.04 Å². The second kappa shape index (κ2) is 3.71. The number of aromatic nitrogens is 2. The van der Waals surface area contributed by atoms with Crippen molar-refractivity contribution in [2.24, 2.45) is 5.73 Å². The van der Waals surface area contributed by atoms with E-state index in [1.807, 2.05) is 17.1 Å². The quantitative estimate of drug-likeness (QED) is 0.772. The summed E-state index contributed by atoms with van der Waals surface area (Å²) in [4.78, 5) is 0. The Bertz CT molecular complexity index is 308. The highest BCUT2D eigenvalue weighted by Crippen LogP contribution is 2.27. The molecule has 0 unspecified atom stereocenters. The summed E-state index contributed by atoms with van der Waals surface area (Å²) in [5.74, 6) is 0. The highest BCUT2D eigenvalue weighted by atomic mass is 16.5. The van der Waals surface area contributed by atoms with Crippen molar-refractivity contribution in [1.29, 1.82) is 0 Å². The summed E-state index contributed by atoms with van der Waals surface area (Å²) in [6, 6.07) is 0.515. The average molecular weight is 195 g/mol. The van der Waals surface area contributed by atoms with Crippen LogP contribution in [0.25, 0.3) is 0 Å². The van der Waals surface area contributed by atoms with Crippen LogP contribution in [0.5, 0.6) is 0 Å². The van der Waals surface area contributed by atoms with Gasteiger partial charge in [0.25, 0.3) is 0 Å². The van der Waals surface area contributed by atoms with E-state index in [-0.39, 0.29) is 12.1 Å². The molecule has 1 saturated heterocycles. The predicted octanol–water partition coefficient (Wildman–Crippen LogP) is 1.25. The van der Waals surface area contributed by atoms with Crippen molar-refractivity contribution in [3.8, 4) is 0 Å². The van der Waals surface area contributed by atoms with Gasteiger partial charge in [0.15, 0.2) is 0 Å². The number of ether oxygens (including phenoxy) is 1. The monoisotopic (exact) mass is 195 g/mol. The first-order valence-corrected chi connectivity index (χ1v) is 5.09. The lowest BCUT2D eigenvalue weighted by molar-refractivity contribution is 0.105. The molecule has 0 amide bonds. The largest absolute Gasteiger partial charge is 0.372 e. The van der Waals surface area contributed by atoms with Crippen LogP contribution in [0.15, 0.2) is 12.4 Å². The van der Waals surface area contributed by atoms with Crippen molar-refractivity contribution in [2.45, 2.75) is 38.5 Å². The molecule has 14 heavy (non-hydrogen) atoms. The second-order valence-electron chi connectivity index (χ2n) is 4.09. The van der Waals surface area contributed by atoms with Gasteiger partial charge < -0.3 is 10.5 Å². The summed E-state index contributed by atoms with van der Waals surface area (Å²) >= 11 is 0. The van der Waals surface area contributed by atoms with Crippen LogP contribution in [0, 0.1) is 0 Å². The number of hydrogen-bond acceptors (Lipinski definition) is 3. The smallest absolute Gasteiger partial charge is 0.101 e. The first-order valence-electron chi connectivity index (χ1n) is 5.09. The van der Waals surface area contributed by atoms with Gasteiger partial charge in [-0.2, -0.15) is 5.10 Å². The first-order chi connectivity index (χ1) is 6.68. The molecule has 2 rings (SSSR count). The third-order valence-electron chi connectivity index (χ3n) is 2.62. The SMILES string of the molecule is CC(C)n1cc([C@H]2OCC[C@@H]2N)cn1. The van der Waals surface area contributed by atoms with Crippen molar-refractivity contribution in [1.82, 2.24) is 9.78 Å². The van der Waals surface area contributed by atoms with Gasteiger partial charge in [-0.05, 0) is 20.3 Å². The van der Waals surface area contributed by atoms with E-state index in [1.165, 1.54) is 0 Å². The van der Waals surface area contributed by atoms with Crippen LogP contribution in [0.2, 0.25) is 0 Å². The van der Waals surface area contributed by atoms with Crippen molar-refractivity contribution in [3.05, 3.63) is 18.0 Å².